The van der Waals surface area contributed by atoms with Crippen LogP contribution in [0.4, 0.5) is 4.39 Å². The molecule has 0 aliphatic carbocycles. The van der Waals surface area contributed by atoms with Gasteiger partial charge in [-0.05, 0) is 50.5 Å². The first kappa shape index (κ1) is 19.5. The fourth-order valence-electron chi connectivity index (χ4n) is 3.28. The second-order valence-electron chi connectivity index (χ2n) is 6.80. The van der Waals surface area contributed by atoms with Gasteiger partial charge in [0.05, 0.1) is 10.8 Å². The number of hydrogen-bond donors (Lipinski definition) is 0. The molecule has 1 aliphatic heterocycles. The lowest BCUT2D eigenvalue weighted by atomic mass is 9.98. The highest BCUT2D eigenvalue weighted by atomic mass is 32.2. The summed E-state index contributed by atoms with van der Waals surface area (Å²) in [6, 6.07) is 11.0. The molecule has 0 saturated carbocycles. The minimum absolute atomic E-state index is 0.104. The molecule has 0 spiro atoms. The van der Waals surface area contributed by atoms with Gasteiger partial charge in [-0.25, -0.2) is 12.8 Å². The van der Waals surface area contributed by atoms with Crippen molar-refractivity contribution in [2.24, 2.45) is 5.92 Å². The van der Waals surface area contributed by atoms with Crippen LogP contribution in [0.25, 0.3) is 0 Å². The van der Waals surface area contributed by atoms with E-state index in [9.17, 15) is 17.6 Å². The third kappa shape index (κ3) is 4.20. The molecule has 1 saturated heterocycles. The van der Waals surface area contributed by atoms with Gasteiger partial charge in [0.2, 0.25) is 10.0 Å². The maximum atomic E-state index is 13.6. The molecule has 0 atom stereocenters. The molecule has 3 rings (SSSR count). The molecule has 0 unspecified atom stereocenters. The van der Waals surface area contributed by atoms with Gasteiger partial charge < -0.3 is 4.74 Å². The van der Waals surface area contributed by atoms with Crippen LogP contribution < -0.4 is 4.74 Å². The number of aryl methyl sites for hydroxylation is 2. The Morgan fingerprint density at radius 2 is 1.78 bits per heavy atom. The zero-order chi connectivity index (χ0) is 19.6. The topological polar surface area (TPSA) is 63.7 Å². The maximum Gasteiger partial charge on any atom is 0.314 e. The van der Waals surface area contributed by atoms with Gasteiger partial charge in [0.1, 0.15) is 0 Å². The fraction of sp³-hybridized carbons (Fsp3) is 0.350. The highest BCUT2D eigenvalue weighted by Crippen LogP contribution is 2.27. The van der Waals surface area contributed by atoms with E-state index in [0.717, 1.165) is 5.56 Å². The summed E-state index contributed by atoms with van der Waals surface area (Å²) in [5, 5.41) is 0. The van der Waals surface area contributed by atoms with Crippen LogP contribution in [0, 0.1) is 25.6 Å². The number of rotatable bonds is 4. The lowest BCUT2D eigenvalue weighted by Crippen LogP contribution is -2.41. The lowest BCUT2D eigenvalue weighted by Gasteiger charge is -2.30. The summed E-state index contributed by atoms with van der Waals surface area (Å²) in [5.41, 5.74) is 1.71. The predicted molar refractivity (Wildman–Crippen MR) is 99.4 cm³/mol. The van der Waals surface area contributed by atoms with Crippen molar-refractivity contribution in [3.63, 3.8) is 0 Å². The lowest BCUT2D eigenvalue weighted by molar-refractivity contribution is -0.140. The van der Waals surface area contributed by atoms with Crippen LogP contribution in [0.3, 0.4) is 0 Å². The van der Waals surface area contributed by atoms with E-state index in [0.29, 0.717) is 23.3 Å². The third-order valence-corrected chi connectivity index (χ3v) is 6.84. The average molecular weight is 391 g/mol. The molecule has 0 bridgehead atoms. The molecule has 1 heterocycles. The molecule has 144 valence electrons. The first-order chi connectivity index (χ1) is 12.8. The molecule has 0 amide bonds. The summed E-state index contributed by atoms with van der Waals surface area (Å²) in [6.07, 6.45) is 0.689. The van der Waals surface area contributed by atoms with Crippen molar-refractivity contribution in [2.45, 2.75) is 31.6 Å². The fourth-order valence-corrected chi connectivity index (χ4v) is 4.95. The van der Waals surface area contributed by atoms with E-state index in [1.807, 2.05) is 13.0 Å². The van der Waals surface area contributed by atoms with E-state index >= 15 is 0 Å². The van der Waals surface area contributed by atoms with E-state index < -0.39 is 27.7 Å². The largest absolute Gasteiger partial charge is 0.423 e. The van der Waals surface area contributed by atoms with E-state index in [1.165, 1.54) is 22.5 Å². The van der Waals surface area contributed by atoms with Crippen LogP contribution in [0.5, 0.6) is 5.75 Å². The molecule has 1 fully saturated rings. The second kappa shape index (κ2) is 7.78. The molecule has 2 aromatic rings. The Morgan fingerprint density at radius 3 is 2.41 bits per heavy atom. The van der Waals surface area contributed by atoms with Crippen LogP contribution in [0.15, 0.2) is 47.4 Å². The van der Waals surface area contributed by atoms with Gasteiger partial charge in [-0.15, -0.1) is 0 Å². The summed E-state index contributed by atoms with van der Waals surface area (Å²) in [4.78, 5) is 12.6. The van der Waals surface area contributed by atoms with Crippen molar-refractivity contribution in [3.8, 4) is 5.75 Å². The Hall–Kier alpha value is -2.25. The number of carbonyl (C=O) groups excluding carboxylic acids is 1. The van der Waals surface area contributed by atoms with E-state index in [2.05, 4.69) is 0 Å². The van der Waals surface area contributed by atoms with Gasteiger partial charge in [0.25, 0.3) is 0 Å². The molecule has 5 nitrogen and oxygen atoms in total. The van der Waals surface area contributed by atoms with Crippen molar-refractivity contribution in [1.82, 2.24) is 4.31 Å². The summed E-state index contributed by atoms with van der Waals surface area (Å²) < 4.78 is 45.9. The van der Waals surface area contributed by atoms with Crippen molar-refractivity contribution in [3.05, 3.63) is 59.4 Å². The standard InChI is InChI=1S/C20H22FNO4S/c1-14-7-8-19(15(2)13-14)27(24,25)22-11-9-16(10-12-22)20(23)26-18-6-4-3-5-17(18)21/h3-8,13,16H,9-12H2,1-2H3. The zero-order valence-electron chi connectivity index (χ0n) is 15.3. The number of benzene rings is 2. The monoisotopic (exact) mass is 391 g/mol. The zero-order valence-corrected chi connectivity index (χ0v) is 16.1. The molecular formula is C20H22FNO4S. The van der Waals surface area contributed by atoms with Gasteiger partial charge in [0, 0.05) is 13.1 Å². The van der Waals surface area contributed by atoms with Gasteiger partial charge in [-0.3, -0.25) is 4.79 Å². The normalized spacial score (nSPS) is 16.3. The van der Waals surface area contributed by atoms with E-state index in [4.69, 9.17) is 4.74 Å². The van der Waals surface area contributed by atoms with Gasteiger partial charge in [0.15, 0.2) is 11.6 Å². The molecule has 0 radical (unpaired) electrons. The maximum absolute atomic E-state index is 13.6. The molecule has 1 aliphatic rings. The van der Waals surface area contributed by atoms with Gasteiger partial charge in [-0.2, -0.15) is 4.31 Å². The van der Waals surface area contributed by atoms with Crippen LogP contribution in [-0.2, 0) is 14.8 Å². The highest BCUT2D eigenvalue weighted by Gasteiger charge is 2.33. The number of esters is 1. The quantitative estimate of drug-likeness (QED) is 0.592. The van der Waals surface area contributed by atoms with Crippen LogP contribution >= 0.6 is 0 Å². The first-order valence-electron chi connectivity index (χ1n) is 8.82. The number of hydrogen-bond acceptors (Lipinski definition) is 4. The van der Waals surface area contributed by atoms with Gasteiger partial charge >= 0.3 is 5.97 Å². The minimum Gasteiger partial charge on any atom is -0.423 e. The predicted octanol–water partition coefficient (Wildman–Crippen LogP) is 3.45. The number of piperidine rings is 1. The molecule has 0 aromatic heterocycles. The molecule has 2 aromatic carbocycles. The van der Waals surface area contributed by atoms with E-state index in [-0.39, 0.29) is 18.8 Å². The van der Waals surface area contributed by atoms with Crippen molar-refractivity contribution in [1.29, 1.82) is 0 Å². The number of halogens is 1. The second-order valence-corrected chi connectivity index (χ2v) is 8.71. The Labute approximate surface area is 158 Å². The Kier molecular flexibility index (Phi) is 5.62. The van der Waals surface area contributed by atoms with Crippen LogP contribution in [0.2, 0.25) is 0 Å². The molecular weight excluding hydrogens is 369 g/mol. The Balaban J connectivity index is 1.66. The molecule has 0 N–H and O–H groups in total. The average Bonchev–Trinajstić information content (AvgIpc) is 2.63. The summed E-state index contributed by atoms with van der Waals surface area (Å²) in [7, 11) is -3.60. The Bertz CT molecular complexity index is 950. The van der Waals surface area contributed by atoms with Crippen molar-refractivity contribution in [2.75, 3.05) is 13.1 Å². The molecule has 27 heavy (non-hydrogen) atoms. The van der Waals surface area contributed by atoms with Crippen molar-refractivity contribution >= 4 is 16.0 Å². The third-order valence-electron chi connectivity index (χ3n) is 4.78. The summed E-state index contributed by atoms with van der Waals surface area (Å²) >= 11 is 0. The molecule has 7 heteroatoms. The Morgan fingerprint density at radius 1 is 1.11 bits per heavy atom. The first-order valence-corrected chi connectivity index (χ1v) is 10.3. The van der Waals surface area contributed by atoms with Crippen LogP contribution in [0.1, 0.15) is 24.0 Å². The smallest absolute Gasteiger partial charge is 0.314 e. The number of ether oxygens (including phenoxy) is 1. The number of sulfonamides is 1. The minimum atomic E-state index is -3.60. The van der Waals surface area contributed by atoms with Crippen molar-refractivity contribution < 1.29 is 22.3 Å². The number of nitrogens with zero attached hydrogens (tertiary/aromatic N) is 1. The number of para-hydroxylation sites is 1. The van der Waals surface area contributed by atoms with Crippen LogP contribution in [-0.4, -0.2) is 31.8 Å². The van der Waals surface area contributed by atoms with E-state index in [1.54, 1.807) is 25.1 Å². The number of carbonyl (C=O) groups is 1. The summed E-state index contributed by atoms with van der Waals surface area (Å²) in [6.45, 7) is 4.15. The summed E-state index contributed by atoms with van der Waals surface area (Å²) in [5.74, 6) is -1.67. The highest BCUT2D eigenvalue weighted by molar-refractivity contribution is 7.89. The SMILES string of the molecule is Cc1ccc(S(=O)(=O)N2CCC(C(=O)Oc3ccccc3F)CC2)c(C)c1. The van der Waals surface area contributed by atoms with Gasteiger partial charge in [-0.1, -0.05) is 29.8 Å².